The summed E-state index contributed by atoms with van der Waals surface area (Å²) in [7, 11) is -3.01. The molecule has 1 aliphatic carbocycles. The Kier molecular flexibility index (Phi) is 12.3. The number of nitrogens with one attached hydrogen (secondary N) is 2. The molecule has 3 aromatic rings. The van der Waals surface area contributed by atoms with Crippen molar-refractivity contribution in [3.8, 4) is 28.2 Å². The van der Waals surface area contributed by atoms with E-state index in [0.29, 0.717) is 54.3 Å². The van der Waals surface area contributed by atoms with Crippen LogP contribution in [0.4, 0.5) is 0 Å². The first-order valence-corrected chi connectivity index (χ1v) is 19.2. The number of phenolic OH excluding ortho intramolecular Hbond substituents is 1. The van der Waals surface area contributed by atoms with Crippen LogP contribution in [0.1, 0.15) is 64.6 Å². The minimum Gasteiger partial charge on any atom is -0.508 e. The molecular formula is C38H40N3O14P. The van der Waals surface area contributed by atoms with E-state index in [1.165, 1.54) is 66.4 Å². The lowest BCUT2D eigenvalue weighted by Gasteiger charge is -2.19. The first-order chi connectivity index (χ1) is 26.7. The van der Waals surface area contributed by atoms with Gasteiger partial charge < -0.3 is 34.3 Å². The molecule has 5 N–H and O–H groups in total. The average Bonchev–Trinajstić information content (AvgIpc) is 3.58. The minimum absolute atomic E-state index is 0.0708. The summed E-state index contributed by atoms with van der Waals surface area (Å²) >= 11 is 0. The molecule has 56 heavy (non-hydrogen) atoms. The zero-order valence-corrected chi connectivity index (χ0v) is 31.3. The van der Waals surface area contributed by atoms with E-state index in [0.717, 1.165) is 0 Å². The molecule has 2 aromatic carbocycles. The highest BCUT2D eigenvalue weighted by Gasteiger charge is 2.39. The van der Waals surface area contributed by atoms with Crippen molar-refractivity contribution >= 4 is 30.7 Å². The first-order valence-electron chi connectivity index (χ1n) is 17.7. The molecular weight excluding hydrogens is 753 g/mol. The number of carbonyl (C=O) groups excluding carboxylic acids is 1. The number of phosphoric acid groups is 1. The predicted octanol–water partition coefficient (Wildman–Crippen LogP) is 4.55. The maximum absolute atomic E-state index is 13.2. The number of fused-ring (bicyclic) bond motifs is 2. The molecule has 4 atom stereocenters. The van der Waals surface area contributed by atoms with Crippen molar-refractivity contribution in [1.82, 2.24) is 14.9 Å². The van der Waals surface area contributed by atoms with Gasteiger partial charge in [0, 0.05) is 66.0 Å². The Balaban J connectivity index is 0.985. The number of aryl methyl sites for hydroxylation is 1. The third-order valence-corrected chi connectivity index (χ3v) is 10.4. The van der Waals surface area contributed by atoms with Crippen LogP contribution in [0.2, 0.25) is 0 Å². The van der Waals surface area contributed by atoms with E-state index in [9.17, 15) is 43.6 Å². The van der Waals surface area contributed by atoms with Crippen molar-refractivity contribution < 1.29 is 52.2 Å². The summed E-state index contributed by atoms with van der Waals surface area (Å²) < 4.78 is 41.2. The molecule has 1 amide bonds. The number of carboxylic acid groups (broad SMARTS) is 1. The number of aromatic nitrogens is 2. The van der Waals surface area contributed by atoms with Crippen molar-refractivity contribution in [1.29, 1.82) is 0 Å². The number of aromatic carboxylic acids is 1. The van der Waals surface area contributed by atoms with Crippen LogP contribution in [0.15, 0.2) is 79.6 Å². The number of aromatic hydroxyl groups is 1. The fraction of sp³-hybridized carbons (Fsp3) is 0.342. The van der Waals surface area contributed by atoms with Gasteiger partial charge in [0.05, 0.1) is 24.9 Å². The number of rotatable bonds is 16. The summed E-state index contributed by atoms with van der Waals surface area (Å²) in [6.45, 7) is 1.43. The smallest absolute Gasteiger partial charge is 0.472 e. The molecule has 1 saturated heterocycles. The van der Waals surface area contributed by atoms with E-state index in [4.69, 9.17) is 22.9 Å². The summed E-state index contributed by atoms with van der Waals surface area (Å²) in [6, 6.07) is 12.7. The number of phenols is 1. The number of H-pyrrole nitrogens is 1. The van der Waals surface area contributed by atoms with E-state index in [1.54, 1.807) is 13.0 Å². The number of ether oxygens (including phenoxy) is 2. The van der Waals surface area contributed by atoms with Crippen molar-refractivity contribution in [3.05, 3.63) is 109 Å². The maximum atomic E-state index is 13.2. The van der Waals surface area contributed by atoms with Crippen LogP contribution in [-0.4, -0.2) is 75.6 Å². The third kappa shape index (κ3) is 9.16. The number of hydrogen-bond acceptors (Lipinski definition) is 12. The van der Waals surface area contributed by atoms with Gasteiger partial charge >= 0.3 is 19.5 Å². The monoisotopic (exact) mass is 793 g/mol. The molecule has 17 nitrogen and oxygen atoms in total. The number of phosphoric ester groups is 1. The molecule has 0 spiro atoms. The van der Waals surface area contributed by atoms with E-state index < -0.39 is 49.4 Å². The maximum Gasteiger partial charge on any atom is 0.472 e. The lowest BCUT2D eigenvalue weighted by atomic mass is 9.89. The Morgan fingerprint density at radius 1 is 1.00 bits per heavy atom. The number of nitrogens with zero attached hydrogens (tertiary/aromatic N) is 1. The molecule has 1 unspecified atom stereocenters. The second-order valence-electron chi connectivity index (χ2n) is 13.3. The van der Waals surface area contributed by atoms with Gasteiger partial charge in [-0.25, -0.2) is 14.2 Å². The Morgan fingerprint density at radius 3 is 2.55 bits per heavy atom. The second kappa shape index (κ2) is 17.2. The van der Waals surface area contributed by atoms with E-state index in [2.05, 4.69) is 10.3 Å². The molecule has 3 aliphatic rings. The molecule has 6 rings (SSSR count). The van der Waals surface area contributed by atoms with Crippen LogP contribution >= 0.6 is 7.82 Å². The fourth-order valence-corrected chi connectivity index (χ4v) is 7.34. The number of carbonyl (C=O) groups is 2. The Morgan fingerprint density at radius 2 is 1.79 bits per heavy atom. The van der Waals surface area contributed by atoms with Crippen LogP contribution in [0, 0.1) is 6.92 Å². The lowest BCUT2D eigenvalue weighted by Crippen LogP contribution is -2.33. The van der Waals surface area contributed by atoms with Gasteiger partial charge in [-0.3, -0.25) is 33.0 Å². The van der Waals surface area contributed by atoms with Gasteiger partial charge in [0.15, 0.2) is 5.43 Å². The summed E-state index contributed by atoms with van der Waals surface area (Å²) in [4.78, 5) is 74.1. The lowest BCUT2D eigenvalue weighted by molar-refractivity contribution is -0.0539. The van der Waals surface area contributed by atoms with Crippen molar-refractivity contribution in [2.45, 2.75) is 57.5 Å². The number of benzene rings is 3. The number of amides is 1. The predicted molar refractivity (Wildman–Crippen MR) is 201 cm³/mol. The highest BCUT2D eigenvalue weighted by molar-refractivity contribution is 7.47. The number of methoxy groups -OCH3 is 1. The Hall–Kier alpha value is -5.42. The van der Waals surface area contributed by atoms with Crippen molar-refractivity contribution in [2.75, 3.05) is 26.9 Å². The normalized spacial score (nSPS) is 17.9. The molecule has 1 fully saturated rings. The van der Waals surface area contributed by atoms with Gasteiger partial charge in [0.1, 0.15) is 29.4 Å². The molecule has 0 radical (unpaired) electrons. The molecule has 2 aliphatic heterocycles. The summed E-state index contributed by atoms with van der Waals surface area (Å²) in [5.74, 6) is -1.57. The highest BCUT2D eigenvalue weighted by atomic mass is 31.2. The number of carboxylic acids is 1. The molecule has 1 aromatic heterocycles. The van der Waals surface area contributed by atoms with Gasteiger partial charge in [-0.2, -0.15) is 0 Å². The van der Waals surface area contributed by atoms with E-state index in [1.807, 2.05) is 0 Å². The minimum atomic E-state index is -4.45. The topological polar surface area (TPSA) is 246 Å². The van der Waals surface area contributed by atoms with Crippen LogP contribution in [0.5, 0.6) is 5.75 Å². The third-order valence-electron chi connectivity index (χ3n) is 9.41. The van der Waals surface area contributed by atoms with Crippen LogP contribution in [-0.2, 0) is 23.1 Å². The number of hydrogen-bond donors (Lipinski definition) is 5. The van der Waals surface area contributed by atoms with E-state index >= 15 is 0 Å². The first kappa shape index (κ1) is 40.2. The summed E-state index contributed by atoms with van der Waals surface area (Å²) in [5.41, 5.74) is 0.262. The molecule has 296 valence electrons. The summed E-state index contributed by atoms with van der Waals surface area (Å²) in [6.07, 6.45) is 1.75. The van der Waals surface area contributed by atoms with E-state index in [-0.39, 0.29) is 58.8 Å². The SMILES string of the molecule is CO[C@@H]1C[C@H](n2cc(C)c(=O)[nH]c2=O)O[C@@H]1COP(=O)(O)OCCCCCCNC(=O)c1ccc(C(=O)O)c(-c2c3ccc(=O)cc-3oc3cc(O)ccc23)c1. The largest absolute Gasteiger partial charge is 0.508 e. The fourth-order valence-electron chi connectivity index (χ4n) is 6.57. The van der Waals surface area contributed by atoms with Crippen LogP contribution in [0.3, 0.4) is 0 Å². The molecule has 0 saturated carbocycles. The van der Waals surface area contributed by atoms with Gasteiger partial charge in [0.2, 0.25) is 0 Å². The zero-order chi connectivity index (χ0) is 40.1. The van der Waals surface area contributed by atoms with Gasteiger partial charge in [-0.05, 0) is 67.8 Å². The van der Waals surface area contributed by atoms with Crippen LogP contribution in [0.25, 0.3) is 33.4 Å². The van der Waals surface area contributed by atoms with Gasteiger partial charge in [-0.1, -0.05) is 12.8 Å². The van der Waals surface area contributed by atoms with Crippen LogP contribution < -0.4 is 22.0 Å². The molecule has 0 bridgehead atoms. The second-order valence-corrected chi connectivity index (χ2v) is 14.7. The standard InChI is InChI=1S/C38H40N3O14P/c1-21-19-41(38(48)40-35(21)44)33-18-31(51-2)32(55-33)20-53-56(49,50)52-14-6-4-3-5-13-39-36(45)22-7-10-25(37(46)47)28(15-22)34-26-11-8-23(42)16-29(26)54-30-17-24(43)9-12-27(30)34/h7-12,15-17,19,31-33,42H,3-6,13-14,18,20H2,1-2H3,(H,39,45)(H,46,47)(H,49,50)(H,40,44,48)/t31-,32-,33-/m1/s1. The molecule has 3 heterocycles. The van der Waals surface area contributed by atoms with Crippen molar-refractivity contribution in [3.63, 3.8) is 0 Å². The molecule has 18 heteroatoms. The van der Waals surface area contributed by atoms with Gasteiger partial charge in [-0.15, -0.1) is 0 Å². The number of aromatic amines is 1. The average molecular weight is 794 g/mol. The quantitative estimate of drug-likeness (QED) is 0.0523. The zero-order valence-electron chi connectivity index (χ0n) is 30.4. The highest BCUT2D eigenvalue weighted by Crippen LogP contribution is 2.45. The Labute approximate surface area is 318 Å². The Bertz CT molecular complexity index is 2460. The summed E-state index contributed by atoms with van der Waals surface area (Å²) in [5, 5.41) is 23.4. The van der Waals surface area contributed by atoms with Crippen molar-refractivity contribution in [2.24, 2.45) is 0 Å². The number of unbranched alkanes of at least 4 members (excludes halogenated alkanes) is 3. The van der Waals surface area contributed by atoms with Gasteiger partial charge in [0.25, 0.3) is 11.5 Å².